The Morgan fingerprint density at radius 3 is 2.31 bits per heavy atom. The maximum Gasteiger partial charge on any atom is 0.124 e. The van der Waals surface area contributed by atoms with Gasteiger partial charge in [0.1, 0.15) is 11.5 Å². The molecule has 0 N–H and O–H groups in total. The van der Waals surface area contributed by atoms with Gasteiger partial charge in [-0.1, -0.05) is 0 Å². The third-order valence-corrected chi connectivity index (χ3v) is 1.71. The van der Waals surface area contributed by atoms with Crippen molar-refractivity contribution in [2.45, 2.75) is 25.9 Å². The summed E-state index contributed by atoms with van der Waals surface area (Å²) >= 11 is 0. The standard InChI is InChI=1S/C11H11F2N.C2H2/c1-11(2,13)6-8-3-9(7-14)5-10(12)4-8;1-2/h3-5H,6H2,1-2H3;1-2H. The van der Waals surface area contributed by atoms with Crippen LogP contribution >= 0.6 is 0 Å². The number of terminal acetylenes is 1. The molecule has 3 heteroatoms. The highest BCUT2D eigenvalue weighted by molar-refractivity contribution is 5.34. The summed E-state index contributed by atoms with van der Waals surface area (Å²) in [5.41, 5.74) is -0.654. The van der Waals surface area contributed by atoms with Crippen molar-refractivity contribution in [1.82, 2.24) is 0 Å². The Balaban J connectivity index is 0.00000106. The second-order valence-electron chi connectivity index (χ2n) is 3.86. The van der Waals surface area contributed by atoms with Crippen molar-refractivity contribution in [3.05, 3.63) is 35.1 Å². The highest BCUT2D eigenvalue weighted by Gasteiger charge is 2.16. The second kappa shape index (κ2) is 5.88. The first kappa shape index (κ1) is 14.1. The third-order valence-electron chi connectivity index (χ3n) is 1.71. The van der Waals surface area contributed by atoms with Crippen molar-refractivity contribution < 1.29 is 8.78 Å². The Bertz CT molecular complexity index is 408. The van der Waals surface area contributed by atoms with E-state index in [1.807, 2.05) is 6.07 Å². The van der Waals surface area contributed by atoms with Gasteiger partial charge < -0.3 is 0 Å². The maximum atomic E-state index is 13.2. The summed E-state index contributed by atoms with van der Waals surface area (Å²) in [6.07, 6.45) is 8.11. The Labute approximate surface area is 94.7 Å². The molecule has 1 aromatic rings. The molecule has 0 aliphatic rings. The molecule has 1 nitrogen and oxygen atoms in total. The lowest BCUT2D eigenvalue weighted by Gasteiger charge is -2.13. The maximum absolute atomic E-state index is 13.2. The van der Waals surface area contributed by atoms with E-state index in [4.69, 9.17) is 5.26 Å². The number of nitriles is 1. The molecule has 0 atom stereocenters. The average Bonchev–Trinajstić information content (AvgIpc) is 2.17. The predicted octanol–water partition coefficient (Wildman–Crippen LogP) is 3.24. The monoisotopic (exact) mass is 221 g/mol. The van der Waals surface area contributed by atoms with Gasteiger partial charge in [0.05, 0.1) is 11.6 Å². The van der Waals surface area contributed by atoms with Crippen LogP contribution in [-0.2, 0) is 6.42 Å². The molecule has 1 aromatic carbocycles. The van der Waals surface area contributed by atoms with Crippen LogP contribution in [0, 0.1) is 30.0 Å². The molecule has 0 radical (unpaired) electrons. The summed E-state index contributed by atoms with van der Waals surface area (Å²) in [6.45, 7) is 2.84. The molecule has 16 heavy (non-hydrogen) atoms. The summed E-state index contributed by atoms with van der Waals surface area (Å²) in [4.78, 5) is 0. The normalized spacial score (nSPS) is 9.81. The summed E-state index contributed by atoms with van der Waals surface area (Å²) in [7, 11) is 0. The molecule has 1 rings (SSSR count). The molecule has 84 valence electrons. The Morgan fingerprint density at radius 2 is 1.88 bits per heavy atom. The zero-order valence-electron chi connectivity index (χ0n) is 9.30. The van der Waals surface area contributed by atoms with Gasteiger partial charge in [-0.15, -0.1) is 12.8 Å². The number of hydrogen-bond donors (Lipinski definition) is 0. The molecule has 0 amide bonds. The average molecular weight is 221 g/mol. The minimum atomic E-state index is -1.39. The van der Waals surface area contributed by atoms with Crippen LogP contribution in [-0.4, -0.2) is 5.67 Å². The van der Waals surface area contributed by atoms with E-state index >= 15 is 0 Å². The summed E-state index contributed by atoms with van der Waals surface area (Å²) in [6, 6.07) is 5.72. The fourth-order valence-corrected chi connectivity index (χ4v) is 1.30. The molecule has 0 saturated carbocycles. The van der Waals surface area contributed by atoms with Crippen molar-refractivity contribution >= 4 is 0 Å². The van der Waals surface area contributed by atoms with Crippen molar-refractivity contribution in [3.63, 3.8) is 0 Å². The third kappa shape index (κ3) is 5.12. The first-order chi connectivity index (χ1) is 7.40. The van der Waals surface area contributed by atoms with Crippen LogP contribution in [0.1, 0.15) is 25.0 Å². The largest absolute Gasteiger partial charge is 0.244 e. The molecule has 0 aliphatic carbocycles. The van der Waals surface area contributed by atoms with E-state index in [1.165, 1.54) is 26.0 Å². The van der Waals surface area contributed by atoms with E-state index in [9.17, 15) is 8.78 Å². The number of alkyl halides is 1. The van der Waals surface area contributed by atoms with Crippen LogP contribution in [0.4, 0.5) is 8.78 Å². The zero-order valence-corrected chi connectivity index (χ0v) is 9.30. The molecule has 0 saturated heterocycles. The summed E-state index contributed by atoms with van der Waals surface area (Å²) < 4.78 is 26.2. The lowest BCUT2D eigenvalue weighted by Crippen LogP contribution is -2.15. The molecule has 0 aliphatic heterocycles. The smallest absolute Gasteiger partial charge is 0.124 e. The summed E-state index contributed by atoms with van der Waals surface area (Å²) in [5.74, 6) is -0.497. The van der Waals surface area contributed by atoms with Crippen molar-refractivity contribution in [1.29, 1.82) is 5.26 Å². The number of benzene rings is 1. The number of hydrogen-bond acceptors (Lipinski definition) is 1. The molecule has 0 spiro atoms. The molecule has 0 fully saturated rings. The van der Waals surface area contributed by atoms with Crippen LogP contribution in [0.5, 0.6) is 0 Å². The SMILES string of the molecule is C#C.CC(C)(F)Cc1cc(F)cc(C#N)c1. The molecule has 0 aromatic heterocycles. The topological polar surface area (TPSA) is 23.8 Å². The van der Waals surface area contributed by atoms with Gasteiger partial charge >= 0.3 is 0 Å². The highest BCUT2D eigenvalue weighted by Crippen LogP contribution is 2.18. The first-order valence-corrected chi connectivity index (χ1v) is 4.62. The summed E-state index contributed by atoms with van der Waals surface area (Å²) in [5, 5.41) is 8.57. The fourth-order valence-electron chi connectivity index (χ4n) is 1.30. The molecular weight excluding hydrogens is 208 g/mol. The van der Waals surface area contributed by atoms with Gasteiger partial charge in [-0.3, -0.25) is 0 Å². The van der Waals surface area contributed by atoms with Crippen molar-refractivity contribution in [2.75, 3.05) is 0 Å². The Morgan fingerprint density at radius 1 is 1.31 bits per heavy atom. The number of nitrogens with zero attached hydrogens (tertiary/aromatic N) is 1. The second-order valence-corrected chi connectivity index (χ2v) is 3.86. The van der Waals surface area contributed by atoms with Gasteiger partial charge in [-0.25, -0.2) is 8.78 Å². The number of rotatable bonds is 2. The minimum Gasteiger partial charge on any atom is -0.244 e. The van der Waals surface area contributed by atoms with E-state index in [-0.39, 0.29) is 12.0 Å². The van der Waals surface area contributed by atoms with Crippen LogP contribution < -0.4 is 0 Å². The molecule has 0 heterocycles. The van der Waals surface area contributed by atoms with Gasteiger partial charge in [0, 0.05) is 6.42 Å². The van der Waals surface area contributed by atoms with Gasteiger partial charge in [0.25, 0.3) is 0 Å². The lowest BCUT2D eigenvalue weighted by molar-refractivity contribution is 0.217. The van der Waals surface area contributed by atoms with E-state index in [1.54, 1.807) is 0 Å². The highest BCUT2D eigenvalue weighted by atomic mass is 19.1. The van der Waals surface area contributed by atoms with E-state index < -0.39 is 11.5 Å². The Hall–Kier alpha value is -1.87. The van der Waals surface area contributed by atoms with Gasteiger partial charge in [0.15, 0.2) is 0 Å². The minimum absolute atomic E-state index is 0.111. The Kier molecular flexibility index (Phi) is 5.19. The molecule has 0 bridgehead atoms. The fraction of sp³-hybridized carbons (Fsp3) is 0.308. The first-order valence-electron chi connectivity index (χ1n) is 4.62. The van der Waals surface area contributed by atoms with Crippen molar-refractivity contribution in [2.24, 2.45) is 0 Å². The van der Waals surface area contributed by atoms with E-state index in [0.29, 0.717) is 5.56 Å². The lowest BCUT2D eigenvalue weighted by atomic mass is 9.99. The van der Waals surface area contributed by atoms with Crippen LogP contribution in [0.15, 0.2) is 18.2 Å². The van der Waals surface area contributed by atoms with E-state index in [2.05, 4.69) is 12.8 Å². The van der Waals surface area contributed by atoms with Crippen LogP contribution in [0.25, 0.3) is 0 Å². The van der Waals surface area contributed by atoms with Gasteiger partial charge in [0.2, 0.25) is 0 Å². The van der Waals surface area contributed by atoms with E-state index in [0.717, 1.165) is 6.07 Å². The molecule has 0 unspecified atom stereocenters. The zero-order chi connectivity index (χ0) is 12.8. The molecular formula is C13H13F2N. The number of halogens is 2. The van der Waals surface area contributed by atoms with Crippen LogP contribution in [0.3, 0.4) is 0 Å². The quantitative estimate of drug-likeness (QED) is 0.703. The van der Waals surface area contributed by atoms with Crippen molar-refractivity contribution in [3.8, 4) is 18.9 Å². The van der Waals surface area contributed by atoms with Gasteiger partial charge in [-0.05, 0) is 37.6 Å². The van der Waals surface area contributed by atoms with Gasteiger partial charge in [-0.2, -0.15) is 5.26 Å². The predicted molar refractivity (Wildman–Crippen MR) is 59.9 cm³/mol. The van der Waals surface area contributed by atoms with Crippen LogP contribution in [0.2, 0.25) is 0 Å².